The molecule has 3 aromatic heterocycles. The van der Waals surface area contributed by atoms with Gasteiger partial charge < -0.3 is 14.8 Å². The van der Waals surface area contributed by atoms with Crippen molar-refractivity contribution in [2.45, 2.75) is 0 Å². The molecule has 0 aliphatic carbocycles. The number of aromatic nitrogens is 2. The monoisotopic (exact) mass is 361 g/mol. The number of pyridine rings is 2. The smallest absolute Gasteiger partial charge is 0.163 e. The Morgan fingerprint density at radius 2 is 1.88 bits per heavy atom. The second-order valence-electron chi connectivity index (χ2n) is 5.93. The van der Waals surface area contributed by atoms with Crippen LogP contribution in [0, 0.1) is 0 Å². The Kier molecular flexibility index (Phi) is 3.68. The number of fused-ring (bicyclic) bond motifs is 2. The number of rotatable bonds is 3. The molecule has 1 aromatic carbocycles. The van der Waals surface area contributed by atoms with E-state index in [2.05, 4.69) is 28.5 Å². The average Bonchev–Trinajstić information content (AvgIpc) is 3.12. The summed E-state index contributed by atoms with van der Waals surface area (Å²) in [6, 6.07) is 16.1. The molecule has 0 saturated carbocycles. The zero-order valence-electron chi connectivity index (χ0n) is 13.8. The van der Waals surface area contributed by atoms with Crippen LogP contribution in [-0.4, -0.2) is 23.2 Å². The number of hydrogen-bond acceptors (Lipinski definition) is 6. The molecule has 0 radical (unpaired) electrons. The highest BCUT2D eigenvalue weighted by molar-refractivity contribution is 7.21. The van der Waals surface area contributed by atoms with Gasteiger partial charge in [0.15, 0.2) is 11.5 Å². The Morgan fingerprint density at radius 1 is 0.962 bits per heavy atom. The van der Waals surface area contributed by atoms with Crippen LogP contribution in [0.1, 0.15) is 0 Å². The fraction of sp³-hybridized carbons (Fsp3) is 0.100. The van der Waals surface area contributed by atoms with Crippen molar-refractivity contribution in [3.63, 3.8) is 0 Å². The Hall–Kier alpha value is -3.12. The van der Waals surface area contributed by atoms with Crippen LogP contribution in [0.15, 0.2) is 60.9 Å². The van der Waals surface area contributed by atoms with E-state index in [0.29, 0.717) is 13.2 Å². The van der Waals surface area contributed by atoms with Crippen molar-refractivity contribution in [2.75, 3.05) is 18.5 Å². The first-order valence-corrected chi connectivity index (χ1v) is 9.14. The largest absolute Gasteiger partial charge is 0.486 e. The summed E-state index contributed by atoms with van der Waals surface area (Å²) in [6.07, 6.45) is 3.66. The molecular formula is C20H15N3O2S. The standard InChI is InChI=1S/C20H15N3O2S/c1-2-14(12-21-7-1)18-10-13-3-6-19(23-20(13)26-18)22-15-4-5-16-17(11-15)25-9-8-24-16/h1-7,10-12H,8-9H2,(H,22,23). The number of thiophene rings is 1. The number of anilines is 2. The second kappa shape index (κ2) is 6.31. The molecule has 0 bridgehead atoms. The van der Waals surface area contributed by atoms with E-state index in [4.69, 9.17) is 14.5 Å². The summed E-state index contributed by atoms with van der Waals surface area (Å²) in [5, 5.41) is 4.47. The van der Waals surface area contributed by atoms with Crippen LogP contribution in [0.25, 0.3) is 20.7 Å². The first kappa shape index (κ1) is 15.2. The van der Waals surface area contributed by atoms with Crippen molar-refractivity contribution in [2.24, 2.45) is 0 Å². The van der Waals surface area contributed by atoms with Gasteiger partial charge in [-0.2, -0.15) is 0 Å². The second-order valence-corrected chi connectivity index (χ2v) is 6.96. The van der Waals surface area contributed by atoms with E-state index in [-0.39, 0.29) is 0 Å². The summed E-state index contributed by atoms with van der Waals surface area (Å²) in [5.74, 6) is 2.34. The van der Waals surface area contributed by atoms with E-state index >= 15 is 0 Å². The zero-order chi connectivity index (χ0) is 17.3. The van der Waals surface area contributed by atoms with Gasteiger partial charge in [-0.25, -0.2) is 4.98 Å². The van der Waals surface area contributed by atoms with Crippen LogP contribution in [0.5, 0.6) is 11.5 Å². The summed E-state index contributed by atoms with van der Waals surface area (Å²) >= 11 is 1.66. The molecule has 4 aromatic rings. The van der Waals surface area contributed by atoms with E-state index in [1.807, 2.05) is 36.5 Å². The summed E-state index contributed by atoms with van der Waals surface area (Å²) < 4.78 is 11.2. The maximum atomic E-state index is 5.64. The number of benzene rings is 1. The van der Waals surface area contributed by atoms with Crippen LogP contribution >= 0.6 is 11.3 Å². The van der Waals surface area contributed by atoms with Gasteiger partial charge in [0.25, 0.3) is 0 Å². The summed E-state index contributed by atoms with van der Waals surface area (Å²) in [7, 11) is 0. The van der Waals surface area contributed by atoms with Gasteiger partial charge in [-0.3, -0.25) is 4.98 Å². The summed E-state index contributed by atoms with van der Waals surface area (Å²) in [4.78, 5) is 11.1. The summed E-state index contributed by atoms with van der Waals surface area (Å²) in [5.41, 5.74) is 2.03. The average molecular weight is 361 g/mol. The molecule has 0 fully saturated rings. The first-order valence-electron chi connectivity index (χ1n) is 8.33. The molecule has 1 aliphatic heterocycles. The molecule has 0 atom stereocenters. The van der Waals surface area contributed by atoms with Crippen LogP contribution < -0.4 is 14.8 Å². The highest BCUT2D eigenvalue weighted by Crippen LogP contribution is 2.35. The normalized spacial score (nSPS) is 12.9. The van der Waals surface area contributed by atoms with Crippen molar-refractivity contribution < 1.29 is 9.47 Å². The molecule has 0 saturated heterocycles. The number of nitrogens with one attached hydrogen (secondary N) is 1. The van der Waals surface area contributed by atoms with Gasteiger partial charge >= 0.3 is 0 Å². The fourth-order valence-corrected chi connectivity index (χ4v) is 3.93. The lowest BCUT2D eigenvalue weighted by Gasteiger charge is -2.19. The van der Waals surface area contributed by atoms with Gasteiger partial charge in [0.2, 0.25) is 0 Å². The van der Waals surface area contributed by atoms with Crippen LogP contribution in [0.4, 0.5) is 11.5 Å². The Balaban J connectivity index is 1.44. The Labute approximate surface area is 154 Å². The van der Waals surface area contributed by atoms with Crippen molar-refractivity contribution in [3.8, 4) is 21.9 Å². The topological polar surface area (TPSA) is 56.3 Å². The lowest BCUT2D eigenvalue weighted by molar-refractivity contribution is 0.171. The first-order chi connectivity index (χ1) is 12.8. The summed E-state index contributed by atoms with van der Waals surface area (Å²) in [6.45, 7) is 1.17. The lowest BCUT2D eigenvalue weighted by atomic mass is 10.2. The van der Waals surface area contributed by atoms with Crippen molar-refractivity contribution in [1.29, 1.82) is 0 Å². The van der Waals surface area contributed by atoms with E-state index in [0.717, 1.165) is 43.7 Å². The molecule has 0 amide bonds. The van der Waals surface area contributed by atoms with Crippen molar-refractivity contribution in [1.82, 2.24) is 9.97 Å². The van der Waals surface area contributed by atoms with E-state index < -0.39 is 0 Å². The molecule has 5 rings (SSSR count). The minimum Gasteiger partial charge on any atom is -0.486 e. The minimum absolute atomic E-state index is 0.576. The molecular weight excluding hydrogens is 346 g/mol. The molecule has 5 nitrogen and oxygen atoms in total. The quantitative estimate of drug-likeness (QED) is 0.564. The number of ether oxygens (including phenoxy) is 2. The Morgan fingerprint density at radius 3 is 2.77 bits per heavy atom. The highest BCUT2D eigenvalue weighted by Gasteiger charge is 2.12. The fourth-order valence-electron chi connectivity index (χ4n) is 2.91. The predicted octanol–water partition coefficient (Wildman–Crippen LogP) is 4.87. The van der Waals surface area contributed by atoms with Gasteiger partial charge in [-0.15, -0.1) is 11.3 Å². The zero-order valence-corrected chi connectivity index (χ0v) is 14.6. The van der Waals surface area contributed by atoms with E-state index in [1.54, 1.807) is 17.5 Å². The molecule has 0 spiro atoms. The number of nitrogens with zero attached hydrogens (tertiary/aromatic N) is 2. The molecule has 1 N–H and O–H groups in total. The minimum atomic E-state index is 0.576. The molecule has 128 valence electrons. The van der Waals surface area contributed by atoms with Gasteiger partial charge in [0.05, 0.1) is 0 Å². The third-order valence-electron chi connectivity index (χ3n) is 4.14. The predicted molar refractivity (Wildman–Crippen MR) is 104 cm³/mol. The van der Waals surface area contributed by atoms with Crippen molar-refractivity contribution >= 4 is 33.1 Å². The third-order valence-corrected chi connectivity index (χ3v) is 5.24. The Bertz CT molecular complexity index is 1080. The lowest BCUT2D eigenvalue weighted by Crippen LogP contribution is -2.15. The number of hydrogen-bond donors (Lipinski definition) is 1. The molecule has 26 heavy (non-hydrogen) atoms. The SMILES string of the molecule is c1cncc(-c2cc3ccc(Nc4ccc5c(c4)OCCO5)nc3s2)c1. The van der Waals surface area contributed by atoms with E-state index in [1.165, 1.54) is 0 Å². The van der Waals surface area contributed by atoms with Gasteiger partial charge in [0.1, 0.15) is 23.9 Å². The van der Waals surface area contributed by atoms with Crippen LogP contribution in [-0.2, 0) is 0 Å². The molecule has 6 heteroatoms. The third kappa shape index (κ3) is 2.84. The van der Waals surface area contributed by atoms with Crippen LogP contribution in [0.3, 0.4) is 0 Å². The molecule has 0 unspecified atom stereocenters. The maximum absolute atomic E-state index is 5.64. The highest BCUT2D eigenvalue weighted by atomic mass is 32.1. The van der Waals surface area contributed by atoms with Gasteiger partial charge in [-0.1, -0.05) is 6.07 Å². The van der Waals surface area contributed by atoms with Crippen molar-refractivity contribution in [3.05, 3.63) is 60.9 Å². The molecule has 1 aliphatic rings. The van der Waals surface area contributed by atoms with Crippen LogP contribution in [0.2, 0.25) is 0 Å². The molecule has 4 heterocycles. The van der Waals surface area contributed by atoms with Gasteiger partial charge in [-0.05, 0) is 36.4 Å². The van der Waals surface area contributed by atoms with E-state index in [9.17, 15) is 0 Å². The van der Waals surface area contributed by atoms with Gasteiger partial charge in [0, 0.05) is 40.0 Å². The maximum Gasteiger partial charge on any atom is 0.163 e.